The van der Waals surface area contributed by atoms with Crippen LogP contribution in [0.1, 0.15) is 42.9 Å². The van der Waals surface area contributed by atoms with Gasteiger partial charge in [0.15, 0.2) is 5.78 Å². The van der Waals surface area contributed by atoms with E-state index in [2.05, 4.69) is 15.9 Å². The number of hydrogen-bond acceptors (Lipinski definition) is 7. The van der Waals surface area contributed by atoms with E-state index in [0.717, 1.165) is 0 Å². The molecule has 4 rings (SSSR count). The van der Waals surface area contributed by atoms with Crippen molar-refractivity contribution in [2.45, 2.75) is 33.7 Å². The zero-order valence-corrected chi connectivity index (χ0v) is 21.5. The first-order valence-corrected chi connectivity index (χ1v) is 11.8. The molecule has 0 radical (unpaired) electrons. The van der Waals surface area contributed by atoms with Crippen molar-refractivity contribution >= 4 is 39.4 Å². The fourth-order valence-electron chi connectivity index (χ4n) is 3.87. The van der Waals surface area contributed by atoms with E-state index < -0.39 is 18.0 Å². The van der Waals surface area contributed by atoms with E-state index in [-0.39, 0.29) is 15.8 Å². The van der Waals surface area contributed by atoms with Crippen molar-refractivity contribution in [2.24, 2.45) is 0 Å². The zero-order valence-electron chi connectivity index (χ0n) is 19.9. The fraction of sp³-hybridized carbons (Fsp3) is 0.192. The summed E-state index contributed by atoms with van der Waals surface area (Å²) in [4.78, 5) is 53.3. The molecule has 0 N–H and O–H groups in total. The van der Waals surface area contributed by atoms with Gasteiger partial charge in [-0.3, -0.25) is 19.2 Å². The molecule has 0 aliphatic carbocycles. The first-order valence-electron chi connectivity index (χ1n) is 11.0. The highest BCUT2D eigenvalue weighted by atomic mass is 79.9. The maximum atomic E-state index is 13.3. The molecule has 0 saturated carbocycles. The lowest BCUT2D eigenvalue weighted by molar-refractivity contribution is -0.132. The normalized spacial score (nSPS) is 11.8. The second-order valence-corrected chi connectivity index (χ2v) is 9.00. The second-order valence-electron chi connectivity index (χ2n) is 8.15. The van der Waals surface area contributed by atoms with Crippen LogP contribution >= 0.6 is 15.9 Å². The largest absolute Gasteiger partial charge is 0.427 e. The number of aromatic nitrogens is 3. The van der Waals surface area contributed by atoms with Crippen LogP contribution < -0.4 is 15.0 Å². The number of esters is 2. The van der Waals surface area contributed by atoms with Gasteiger partial charge in [-0.25, -0.2) is 9.38 Å². The average Bonchev–Trinajstić information content (AvgIpc) is 3.18. The van der Waals surface area contributed by atoms with Crippen molar-refractivity contribution in [3.05, 3.63) is 80.8 Å². The van der Waals surface area contributed by atoms with Gasteiger partial charge in [-0.05, 0) is 78.3 Å². The van der Waals surface area contributed by atoms with E-state index in [1.54, 1.807) is 73.1 Å². The molecule has 2 aromatic heterocycles. The Morgan fingerprint density at radius 3 is 1.97 bits per heavy atom. The minimum atomic E-state index is -0.704. The Balaban J connectivity index is 1.76. The molecule has 10 heteroatoms. The number of carbonyl (C=O) groups is 3. The van der Waals surface area contributed by atoms with Crippen LogP contribution in [0.5, 0.6) is 11.5 Å². The quantitative estimate of drug-likeness (QED) is 0.197. The van der Waals surface area contributed by atoms with Crippen molar-refractivity contribution in [1.29, 1.82) is 0 Å². The molecule has 4 aromatic rings. The lowest BCUT2D eigenvalue weighted by atomic mass is 10.1. The number of hydrogen-bond donors (Lipinski definition) is 0. The number of imidazole rings is 1. The van der Waals surface area contributed by atoms with Crippen LogP contribution in [-0.2, 0) is 9.59 Å². The van der Waals surface area contributed by atoms with Gasteiger partial charge < -0.3 is 14.0 Å². The Morgan fingerprint density at radius 2 is 1.44 bits per heavy atom. The highest BCUT2D eigenvalue weighted by molar-refractivity contribution is 9.10. The molecule has 2 aromatic carbocycles. The molecule has 0 fully saturated rings. The number of nitrogens with zero attached hydrogens (tertiary/aromatic N) is 3. The Morgan fingerprint density at radius 1 is 0.917 bits per heavy atom. The first-order chi connectivity index (χ1) is 17.1. The molecule has 0 spiro atoms. The standard InChI is InChI=1S/C26H22BrN3O6/c1-14-23(18-5-9-20(10-6-18)35-16(3)31)28-26-29(13-22(27)25(34)30(14)26)15(2)24(33)19-7-11-21(12-8-19)36-17(4)32/h5-13,15H,1-4H3. The van der Waals surface area contributed by atoms with Crippen LogP contribution in [0, 0.1) is 6.92 Å². The van der Waals surface area contributed by atoms with Gasteiger partial charge in [-0.1, -0.05) is 0 Å². The molecule has 0 aliphatic rings. The van der Waals surface area contributed by atoms with Gasteiger partial charge in [-0.15, -0.1) is 0 Å². The third-order valence-electron chi connectivity index (χ3n) is 5.57. The van der Waals surface area contributed by atoms with Crippen LogP contribution in [0.2, 0.25) is 0 Å². The third kappa shape index (κ3) is 4.85. The van der Waals surface area contributed by atoms with Gasteiger partial charge in [0.25, 0.3) is 5.56 Å². The summed E-state index contributed by atoms with van der Waals surface area (Å²) in [5.74, 6) is -0.0445. The summed E-state index contributed by atoms with van der Waals surface area (Å²) in [6.45, 7) is 6.11. The van der Waals surface area contributed by atoms with E-state index in [0.29, 0.717) is 39.8 Å². The summed E-state index contributed by atoms with van der Waals surface area (Å²) in [5.41, 5.74) is 1.97. The summed E-state index contributed by atoms with van der Waals surface area (Å²) in [7, 11) is 0. The first kappa shape index (κ1) is 25.1. The summed E-state index contributed by atoms with van der Waals surface area (Å²) >= 11 is 3.32. The minimum Gasteiger partial charge on any atom is -0.427 e. The highest BCUT2D eigenvalue weighted by Gasteiger charge is 2.23. The van der Waals surface area contributed by atoms with Crippen molar-refractivity contribution in [1.82, 2.24) is 14.0 Å². The third-order valence-corrected chi connectivity index (χ3v) is 6.11. The summed E-state index contributed by atoms with van der Waals surface area (Å²) in [5, 5.41) is 0. The number of ketones is 1. The SMILES string of the molecule is CC(=O)Oc1ccc(C(=O)C(C)n2cc(Br)c(=O)n3c(C)c(-c4ccc(OC(C)=O)cc4)nc23)cc1. The van der Waals surface area contributed by atoms with Gasteiger partial charge >= 0.3 is 11.9 Å². The Bertz CT molecular complexity index is 1550. The van der Waals surface area contributed by atoms with Gasteiger partial charge in [-0.2, -0.15) is 0 Å². The van der Waals surface area contributed by atoms with Gasteiger partial charge in [0.2, 0.25) is 5.78 Å². The molecule has 0 saturated heterocycles. The molecule has 2 heterocycles. The smallest absolute Gasteiger partial charge is 0.308 e. The average molecular weight is 552 g/mol. The van der Waals surface area contributed by atoms with Crippen molar-refractivity contribution in [2.75, 3.05) is 0 Å². The maximum absolute atomic E-state index is 13.3. The van der Waals surface area contributed by atoms with Crippen LogP contribution in [0.25, 0.3) is 17.0 Å². The lowest BCUT2D eigenvalue weighted by Crippen LogP contribution is -2.24. The Labute approximate surface area is 214 Å². The summed E-state index contributed by atoms with van der Waals surface area (Å²) in [6.07, 6.45) is 1.55. The minimum absolute atomic E-state index is 0.213. The highest BCUT2D eigenvalue weighted by Crippen LogP contribution is 2.28. The van der Waals surface area contributed by atoms with Crippen molar-refractivity contribution in [3.63, 3.8) is 0 Å². The molecule has 9 nitrogen and oxygen atoms in total. The predicted octanol–water partition coefficient (Wildman–Crippen LogP) is 4.53. The molecule has 1 unspecified atom stereocenters. The fourth-order valence-corrected chi connectivity index (χ4v) is 4.27. The van der Waals surface area contributed by atoms with Crippen LogP contribution in [0.4, 0.5) is 0 Å². The zero-order chi connectivity index (χ0) is 26.1. The molecule has 0 amide bonds. The monoisotopic (exact) mass is 551 g/mol. The number of fused-ring (bicyclic) bond motifs is 1. The molecule has 1 atom stereocenters. The summed E-state index contributed by atoms with van der Waals surface area (Å²) < 4.78 is 13.5. The number of benzene rings is 2. The van der Waals surface area contributed by atoms with E-state index in [1.165, 1.54) is 18.2 Å². The number of rotatable bonds is 6. The van der Waals surface area contributed by atoms with Crippen LogP contribution in [0.15, 0.2) is 64.0 Å². The molecule has 0 aliphatic heterocycles. The summed E-state index contributed by atoms with van der Waals surface area (Å²) in [6, 6.07) is 12.3. The van der Waals surface area contributed by atoms with E-state index in [9.17, 15) is 19.2 Å². The van der Waals surface area contributed by atoms with Gasteiger partial charge in [0, 0.05) is 31.2 Å². The number of aryl methyl sites for hydroxylation is 1. The van der Waals surface area contributed by atoms with Crippen molar-refractivity contribution in [3.8, 4) is 22.8 Å². The second kappa shape index (κ2) is 9.90. The van der Waals surface area contributed by atoms with E-state index in [1.807, 2.05) is 0 Å². The predicted molar refractivity (Wildman–Crippen MR) is 135 cm³/mol. The van der Waals surface area contributed by atoms with E-state index >= 15 is 0 Å². The number of halogens is 1. The topological polar surface area (TPSA) is 109 Å². The Kier molecular flexibility index (Phi) is 6.89. The molecule has 184 valence electrons. The number of Topliss-reactive ketones (excluding diaryl/α,β-unsaturated/α-hetero) is 1. The maximum Gasteiger partial charge on any atom is 0.308 e. The van der Waals surface area contributed by atoms with Crippen molar-refractivity contribution < 1.29 is 23.9 Å². The van der Waals surface area contributed by atoms with Crippen LogP contribution in [0.3, 0.4) is 0 Å². The van der Waals surface area contributed by atoms with Gasteiger partial charge in [0.1, 0.15) is 11.5 Å². The number of ether oxygens (including phenoxy) is 2. The Hall–Kier alpha value is -4.05. The molecular formula is C26H22BrN3O6. The van der Waals surface area contributed by atoms with E-state index in [4.69, 9.17) is 14.5 Å². The molecular weight excluding hydrogens is 530 g/mol. The molecule has 0 bridgehead atoms. The molecule has 36 heavy (non-hydrogen) atoms. The lowest BCUT2D eigenvalue weighted by Gasteiger charge is -2.17. The number of carbonyl (C=O) groups excluding carboxylic acids is 3. The van der Waals surface area contributed by atoms with Gasteiger partial charge in [0.05, 0.1) is 21.9 Å². The van der Waals surface area contributed by atoms with Crippen LogP contribution in [-0.4, -0.2) is 31.7 Å².